The van der Waals surface area contributed by atoms with Gasteiger partial charge in [-0.3, -0.25) is 0 Å². The van der Waals surface area contributed by atoms with E-state index in [1.54, 1.807) is 6.07 Å². The normalized spacial score (nSPS) is 25.5. The van der Waals surface area contributed by atoms with Gasteiger partial charge in [0.05, 0.1) is 6.61 Å². The molecule has 1 aliphatic rings. The minimum Gasteiger partial charge on any atom is -0.363 e. The Morgan fingerprint density at radius 3 is 2.69 bits per heavy atom. The third kappa shape index (κ3) is 2.07. The molecule has 1 aliphatic heterocycles. The molecule has 2 N–H and O–H groups in total. The topological polar surface area (TPSA) is 38.5 Å². The Hall–Kier alpha value is -0.280. The van der Waals surface area contributed by atoms with Crippen LogP contribution in [0.5, 0.6) is 0 Å². The fourth-order valence-electron chi connectivity index (χ4n) is 2.02. The molecular formula is C12H15Cl2NO. The highest BCUT2D eigenvalue weighted by atomic mass is 35.5. The largest absolute Gasteiger partial charge is 0.363 e. The summed E-state index contributed by atoms with van der Waals surface area (Å²) in [5.74, 6) is 0. The average Bonchev–Trinajstić information content (AvgIpc) is 2.99. The fourth-order valence-corrected chi connectivity index (χ4v) is 2.59. The van der Waals surface area contributed by atoms with E-state index >= 15 is 0 Å². The van der Waals surface area contributed by atoms with Crippen LogP contribution < -0.4 is 5.73 Å². The summed E-state index contributed by atoms with van der Waals surface area (Å²) in [5.41, 5.74) is 6.73. The van der Waals surface area contributed by atoms with Crippen molar-refractivity contribution >= 4 is 23.2 Å². The predicted octanol–water partition coefficient (Wildman–Crippen LogP) is 3.35. The van der Waals surface area contributed by atoms with Crippen molar-refractivity contribution in [2.24, 2.45) is 5.73 Å². The van der Waals surface area contributed by atoms with Crippen LogP contribution in [-0.4, -0.2) is 12.6 Å². The molecule has 0 bridgehead atoms. The van der Waals surface area contributed by atoms with Gasteiger partial charge in [-0.05, 0) is 18.6 Å². The lowest BCUT2D eigenvalue weighted by Crippen LogP contribution is -2.36. The van der Waals surface area contributed by atoms with Crippen LogP contribution in [0.25, 0.3) is 0 Å². The molecule has 1 fully saturated rings. The monoisotopic (exact) mass is 259 g/mol. The van der Waals surface area contributed by atoms with Gasteiger partial charge in [-0.15, -0.1) is 0 Å². The van der Waals surface area contributed by atoms with Crippen molar-refractivity contribution in [1.82, 2.24) is 0 Å². The van der Waals surface area contributed by atoms with Crippen molar-refractivity contribution in [3.63, 3.8) is 0 Å². The van der Waals surface area contributed by atoms with Crippen LogP contribution in [0, 0.1) is 0 Å². The molecule has 0 aliphatic carbocycles. The van der Waals surface area contributed by atoms with E-state index in [1.165, 1.54) is 0 Å². The van der Waals surface area contributed by atoms with Crippen molar-refractivity contribution < 1.29 is 4.74 Å². The Balaban J connectivity index is 2.29. The van der Waals surface area contributed by atoms with Crippen LogP contribution in [0.1, 0.15) is 25.3 Å². The summed E-state index contributed by atoms with van der Waals surface area (Å²) in [6, 6.07) is 5.47. The molecule has 2 nitrogen and oxygen atoms in total. The third-order valence-electron chi connectivity index (χ3n) is 3.04. The van der Waals surface area contributed by atoms with Crippen LogP contribution in [0.3, 0.4) is 0 Å². The first-order valence-corrected chi connectivity index (χ1v) is 6.21. The van der Waals surface area contributed by atoms with E-state index in [0.717, 1.165) is 18.4 Å². The number of epoxide rings is 1. The quantitative estimate of drug-likeness (QED) is 0.843. The predicted molar refractivity (Wildman–Crippen MR) is 67.0 cm³/mol. The van der Waals surface area contributed by atoms with Crippen LogP contribution in [-0.2, 0) is 10.3 Å². The summed E-state index contributed by atoms with van der Waals surface area (Å²) >= 11 is 12.0. The summed E-state index contributed by atoms with van der Waals surface area (Å²) in [6.07, 6.45) is 1.97. The van der Waals surface area contributed by atoms with E-state index in [2.05, 4.69) is 6.92 Å². The highest BCUT2D eigenvalue weighted by Crippen LogP contribution is 2.45. The molecule has 0 saturated carbocycles. The summed E-state index contributed by atoms with van der Waals surface area (Å²) < 4.78 is 5.56. The van der Waals surface area contributed by atoms with Crippen LogP contribution in [0.2, 0.25) is 10.0 Å². The highest BCUT2D eigenvalue weighted by Gasteiger charge is 2.52. The first-order valence-electron chi connectivity index (χ1n) is 5.45. The van der Waals surface area contributed by atoms with E-state index in [9.17, 15) is 0 Å². The van der Waals surface area contributed by atoms with Gasteiger partial charge >= 0.3 is 0 Å². The number of nitrogens with two attached hydrogens (primary N) is 1. The second-order valence-corrected chi connectivity index (χ2v) is 5.04. The van der Waals surface area contributed by atoms with Gasteiger partial charge in [0.1, 0.15) is 5.60 Å². The lowest BCUT2D eigenvalue weighted by Gasteiger charge is -2.21. The number of rotatable bonds is 4. The molecule has 0 spiro atoms. The van der Waals surface area contributed by atoms with Crippen molar-refractivity contribution in [1.29, 1.82) is 0 Å². The van der Waals surface area contributed by atoms with E-state index in [0.29, 0.717) is 16.7 Å². The minimum atomic E-state index is -0.377. The van der Waals surface area contributed by atoms with Gasteiger partial charge in [-0.2, -0.15) is 0 Å². The summed E-state index contributed by atoms with van der Waals surface area (Å²) in [5, 5.41) is 1.27. The van der Waals surface area contributed by atoms with Gasteiger partial charge in [-0.25, -0.2) is 0 Å². The minimum absolute atomic E-state index is 0.00354. The Morgan fingerprint density at radius 1 is 1.50 bits per heavy atom. The maximum Gasteiger partial charge on any atom is 0.133 e. The molecule has 1 aromatic rings. The zero-order valence-electron chi connectivity index (χ0n) is 9.17. The van der Waals surface area contributed by atoms with Gasteiger partial charge in [0.15, 0.2) is 0 Å². The van der Waals surface area contributed by atoms with Crippen LogP contribution in [0.15, 0.2) is 18.2 Å². The van der Waals surface area contributed by atoms with Gasteiger partial charge in [-0.1, -0.05) is 42.6 Å². The third-order valence-corrected chi connectivity index (χ3v) is 3.59. The molecule has 4 heteroatoms. The molecular weight excluding hydrogens is 245 g/mol. The van der Waals surface area contributed by atoms with Gasteiger partial charge in [0.2, 0.25) is 0 Å². The van der Waals surface area contributed by atoms with Crippen LogP contribution >= 0.6 is 23.2 Å². The standard InChI is InChI=1S/C12H15Cl2NO/c1-2-3-11(15)12(7-16-12)9-5-4-8(13)6-10(9)14/h4-6,11H,2-3,7,15H2,1H3. The fraction of sp³-hybridized carbons (Fsp3) is 0.500. The Morgan fingerprint density at radius 2 is 2.19 bits per heavy atom. The second kappa shape index (κ2) is 4.53. The number of hydrogen-bond acceptors (Lipinski definition) is 2. The number of hydrogen-bond donors (Lipinski definition) is 1. The van der Waals surface area contributed by atoms with Crippen molar-refractivity contribution in [2.75, 3.05) is 6.61 Å². The average molecular weight is 260 g/mol. The lowest BCUT2D eigenvalue weighted by atomic mass is 9.90. The number of ether oxygens (including phenoxy) is 1. The van der Waals surface area contributed by atoms with Crippen molar-refractivity contribution in [2.45, 2.75) is 31.4 Å². The molecule has 1 aromatic carbocycles. The molecule has 16 heavy (non-hydrogen) atoms. The zero-order chi connectivity index (χ0) is 11.8. The summed E-state index contributed by atoms with van der Waals surface area (Å²) in [6.45, 7) is 2.76. The summed E-state index contributed by atoms with van der Waals surface area (Å²) in [7, 11) is 0. The molecule has 0 amide bonds. The SMILES string of the molecule is CCCC(N)C1(c2ccc(Cl)cc2Cl)CO1. The zero-order valence-corrected chi connectivity index (χ0v) is 10.7. The smallest absolute Gasteiger partial charge is 0.133 e. The highest BCUT2D eigenvalue weighted by molar-refractivity contribution is 6.35. The molecule has 2 rings (SSSR count). The van der Waals surface area contributed by atoms with Crippen molar-refractivity contribution in [3.8, 4) is 0 Å². The van der Waals surface area contributed by atoms with Gasteiger partial charge in [0, 0.05) is 21.7 Å². The molecule has 2 atom stereocenters. The van der Waals surface area contributed by atoms with E-state index in [-0.39, 0.29) is 11.6 Å². The van der Waals surface area contributed by atoms with E-state index in [1.807, 2.05) is 12.1 Å². The molecule has 1 saturated heterocycles. The first-order chi connectivity index (χ1) is 7.60. The van der Waals surface area contributed by atoms with Gasteiger partial charge in [0.25, 0.3) is 0 Å². The Bertz CT molecular complexity index is 391. The van der Waals surface area contributed by atoms with Crippen LogP contribution in [0.4, 0.5) is 0 Å². The Kier molecular flexibility index (Phi) is 3.45. The lowest BCUT2D eigenvalue weighted by molar-refractivity contribution is 0.257. The maximum absolute atomic E-state index is 6.18. The molecule has 1 heterocycles. The van der Waals surface area contributed by atoms with E-state index < -0.39 is 0 Å². The van der Waals surface area contributed by atoms with Gasteiger partial charge < -0.3 is 10.5 Å². The second-order valence-electron chi connectivity index (χ2n) is 4.20. The molecule has 0 radical (unpaired) electrons. The molecule has 88 valence electrons. The first kappa shape index (κ1) is 12.2. The van der Waals surface area contributed by atoms with E-state index in [4.69, 9.17) is 33.7 Å². The number of benzene rings is 1. The number of halogens is 2. The maximum atomic E-state index is 6.18. The molecule has 2 unspecified atom stereocenters. The van der Waals surface area contributed by atoms with Crippen molar-refractivity contribution in [3.05, 3.63) is 33.8 Å². The summed E-state index contributed by atoms with van der Waals surface area (Å²) in [4.78, 5) is 0. The Labute approximate surface area is 106 Å². The molecule has 0 aromatic heterocycles.